The molecule has 0 fully saturated rings. The molecule has 5 heteroatoms. The molecule has 2 aromatic rings. The van der Waals surface area contributed by atoms with Crippen LogP contribution in [0.3, 0.4) is 0 Å². The quantitative estimate of drug-likeness (QED) is 0.882. The molecule has 0 amide bonds. The summed E-state index contributed by atoms with van der Waals surface area (Å²) in [5.41, 5.74) is 1.15. The molecule has 1 atom stereocenters. The van der Waals surface area contributed by atoms with Gasteiger partial charge in [0.15, 0.2) is 0 Å². The fourth-order valence-electron chi connectivity index (χ4n) is 1.94. The van der Waals surface area contributed by atoms with Crippen LogP contribution in [0.2, 0.25) is 0 Å². The van der Waals surface area contributed by atoms with Crippen molar-refractivity contribution in [3.8, 4) is 5.75 Å². The van der Waals surface area contributed by atoms with Crippen LogP contribution in [0, 0.1) is 13.8 Å². The van der Waals surface area contributed by atoms with Gasteiger partial charge >= 0.3 is 0 Å². The summed E-state index contributed by atoms with van der Waals surface area (Å²) in [6.45, 7) is 7.29. The van der Waals surface area contributed by atoms with Crippen molar-refractivity contribution in [3.63, 3.8) is 0 Å². The number of rotatable bonds is 6. The van der Waals surface area contributed by atoms with Crippen molar-refractivity contribution in [1.82, 2.24) is 10.3 Å². The number of ether oxygens (including phenoxy) is 1. The third kappa shape index (κ3) is 3.55. The minimum absolute atomic E-state index is 0.323. The summed E-state index contributed by atoms with van der Waals surface area (Å²) >= 11 is 3.54. The summed E-state index contributed by atoms with van der Waals surface area (Å²) in [4.78, 5) is 7.26. The van der Waals surface area contributed by atoms with Gasteiger partial charge in [-0.2, -0.15) is 0 Å². The van der Waals surface area contributed by atoms with E-state index in [1.54, 1.807) is 29.8 Å². The standard InChI is InChI=1S/C14H20N2OS2/c1-5-15-12(13-6-11(17-4)8-18-13)7-14-16-9(2)10(3)19-14/h6,8,12,15H,5,7H2,1-4H3. The predicted molar refractivity (Wildman–Crippen MR) is 82.6 cm³/mol. The zero-order valence-corrected chi connectivity index (χ0v) is 13.5. The molecule has 0 aromatic carbocycles. The monoisotopic (exact) mass is 296 g/mol. The average molecular weight is 296 g/mol. The highest BCUT2D eigenvalue weighted by Gasteiger charge is 2.16. The lowest BCUT2D eigenvalue weighted by Gasteiger charge is -2.14. The molecular weight excluding hydrogens is 276 g/mol. The van der Waals surface area contributed by atoms with Crippen molar-refractivity contribution in [2.45, 2.75) is 33.2 Å². The van der Waals surface area contributed by atoms with E-state index in [4.69, 9.17) is 4.74 Å². The van der Waals surface area contributed by atoms with E-state index in [-0.39, 0.29) is 0 Å². The number of hydrogen-bond donors (Lipinski definition) is 1. The Bertz CT molecular complexity index is 514. The number of aromatic nitrogens is 1. The van der Waals surface area contributed by atoms with Gasteiger partial charge in [0.1, 0.15) is 5.75 Å². The number of nitrogens with zero attached hydrogens (tertiary/aromatic N) is 1. The van der Waals surface area contributed by atoms with Crippen LogP contribution in [-0.2, 0) is 6.42 Å². The molecule has 0 aliphatic carbocycles. The Morgan fingerprint density at radius 3 is 2.74 bits per heavy atom. The van der Waals surface area contributed by atoms with Crippen LogP contribution in [0.1, 0.15) is 33.4 Å². The smallest absolute Gasteiger partial charge is 0.129 e. The molecule has 104 valence electrons. The molecule has 0 aliphatic rings. The van der Waals surface area contributed by atoms with Crippen molar-refractivity contribution < 1.29 is 4.74 Å². The Kier molecular flexibility index (Phi) is 4.96. The Morgan fingerprint density at radius 1 is 1.42 bits per heavy atom. The molecule has 0 saturated heterocycles. The fraction of sp³-hybridized carbons (Fsp3) is 0.500. The maximum Gasteiger partial charge on any atom is 0.129 e. The number of aryl methyl sites for hydroxylation is 2. The van der Waals surface area contributed by atoms with Crippen LogP contribution in [0.15, 0.2) is 11.4 Å². The molecule has 0 bridgehead atoms. The van der Waals surface area contributed by atoms with Gasteiger partial charge in [0.2, 0.25) is 0 Å². The second-order valence-electron chi connectivity index (χ2n) is 4.45. The maximum atomic E-state index is 5.27. The van der Waals surface area contributed by atoms with Crippen LogP contribution in [0.4, 0.5) is 0 Å². The maximum absolute atomic E-state index is 5.27. The van der Waals surface area contributed by atoms with Gasteiger partial charge in [-0.3, -0.25) is 0 Å². The van der Waals surface area contributed by atoms with Gasteiger partial charge in [-0.15, -0.1) is 22.7 Å². The minimum Gasteiger partial charge on any atom is -0.496 e. The van der Waals surface area contributed by atoms with Gasteiger partial charge in [0.25, 0.3) is 0 Å². The van der Waals surface area contributed by atoms with E-state index in [2.05, 4.69) is 42.5 Å². The first-order valence-corrected chi connectivity index (χ1v) is 8.12. The largest absolute Gasteiger partial charge is 0.496 e. The lowest BCUT2D eigenvalue weighted by atomic mass is 10.1. The zero-order chi connectivity index (χ0) is 13.8. The number of thiazole rings is 1. The molecule has 2 rings (SSSR count). The Hall–Kier alpha value is -0.910. The lowest BCUT2D eigenvalue weighted by Crippen LogP contribution is -2.22. The molecule has 0 radical (unpaired) electrons. The SMILES string of the molecule is CCNC(Cc1nc(C)c(C)s1)c1cc(OC)cs1. The Labute approximate surface area is 122 Å². The van der Waals surface area contributed by atoms with Crippen molar-refractivity contribution in [3.05, 3.63) is 31.9 Å². The van der Waals surface area contributed by atoms with Crippen LogP contribution < -0.4 is 10.1 Å². The predicted octanol–water partition coefficient (Wildman–Crippen LogP) is 3.72. The van der Waals surface area contributed by atoms with E-state index in [0.29, 0.717) is 6.04 Å². The van der Waals surface area contributed by atoms with Crippen LogP contribution in [0.5, 0.6) is 5.75 Å². The molecular formula is C14H20N2OS2. The van der Waals surface area contributed by atoms with Crippen LogP contribution >= 0.6 is 22.7 Å². The minimum atomic E-state index is 0.323. The van der Waals surface area contributed by atoms with Gasteiger partial charge in [-0.1, -0.05) is 6.92 Å². The molecule has 19 heavy (non-hydrogen) atoms. The van der Waals surface area contributed by atoms with E-state index in [1.165, 1.54) is 14.8 Å². The molecule has 3 nitrogen and oxygen atoms in total. The number of methoxy groups -OCH3 is 1. The number of likely N-dealkylation sites (N-methyl/N-ethyl adjacent to an activating group) is 1. The third-order valence-corrected chi connectivity index (χ3v) is 5.20. The van der Waals surface area contributed by atoms with Crippen molar-refractivity contribution >= 4 is 22.7 Å². The topological polar surface area (TPSA) is 34.2 Å². The molecule has 2 heterocycles. The summed E-state index contributed by atoms with van der Waals surface area (Å²) in [5.74, 6) is 0.939. The summed E-state index contributed by atoms with van der Waals surface area (Å²) in [5, 5.41) is 6.79. The summed E-state index contributed by atoms with van der Waals surface area (Å²) in [7, 11) is 1.71. The summed E-state index contributed by atoms with van der Waals surface area (Å²) in [6, 6.07) is 2.44. The second-order valence-corrected chi connectivity index (χ2v) is 6.68. The molecule has 1 unspecified atom stereocenters. The zero-order valence-electron chi connectivity index (χ0n) is 11.8. The van der Waals surface area contributed by atoms with E-state index < -0.39 is 0 Å². The van der Waals surface area contributed by atoms with E-state index >= 15 is 0 Å². The molecule has 0 aliphatic heterocycles. The highest BCUT2D eigenvalue weighted by Crippen LogP contribution is 2.30. The van der Waals surface area contributed by atoms with Gasteiger partial charge in [0, 0.05) is 27.6 Å². The van der Waals surface area contributed by atoms with Gasteiger partial charge in [-0.05, 0) is 26.5 Å². The highest BCUT2D eigenvalue weighted by atomic mass is 32.1. The Balaban J connectivity index is 2.15. The van der Waals surface area contributed by atoms with Crippen molar-refractivity contribution in [2.75, 3.05) is 13.7 Å². The average Bonchev–Trinajstić information content (AvgIpc) is 2.97. The lowest BCUT2D eigenvalue weighted by molar-refractivity contribution is 0.415. The van der Waals surface area contributed by atoms with Crippen LogP contribution in [0.25, 0.3) is 0 Å². The number of nitrogens with one attached hydrogen (secondary N) is 1. The molecule has 0 saturated carbocycles. The van der Waals surface area contributed by atoms with Gasteiger partial charge in [0.05, 0.1) is 17.8 Å². The second kappa shape index (κ2) is 6.50. The van der Waals surface area contributed by atoms with Gasteiger partial charge < -0.3 is 10.1 Å². The molecule has 1 N–H and O–H groups in total. The van der Waals surface area contributed by atoms with Crippen LogP contribution in [-0.4, -0.2) is 18.6 Å². The fourth-order valence-corrected chi connectivity index (χ4v) is 3.86. The summed E-state index contributed by atoms with van der Waals surface area (Å²) in [6.07, 6.45) is 0.941. The molecule has 0 spiro atoms. The van der Waals surface area contributed by atoms with Crippen molar-refractivity contribution in [1.29, 1.82) is 0 Å². The first kappa shape index (κ1) is 14.5. The number of hydrogen-bond acceptors (Lipinski definition) is 5. The normalized spacial score (nSPS) is 12.6. The highest BCUT2D eigenvalue weighted by molar-refractivity contribution is 7.11. The van der Waals surface area contributed by atoms with E-state index in [0.717, 1.165) is 24.4 Å². The third-order valence-electron chi connectivity index (χ3n) is 3.08. The van der Waals surface area contributed by atoms with E-state index in [9.17, 15) is 0 Å². The van der Waals surface area contributed by atoms with Gasteiger partial charge in [-0.25, -0.2) is 4.98 Å². The van der Waals surface area contributed by atoms with E-state index in [1.807, 2.05) is 0 Å². The number of thiophene rings is 1. The molecule has 2 aromatic heterocycles. The first-order valence-electron chi connectivity index (χ1n) is 6.42. The Morgan fingerprint density at radius 2 is 2.21 bits per heavy atom. The van der Waals surface area contributed by atoms with Crippen molar-refractivity contribution in [2.24, 2.45) is 0 Å². The summed E-state index contributed by atoms with van der Waals surface area (Å²) < 4.78 is 5.27. The first-order chi connectivity index (χ1) is 9.13.